The molecule has 5 nitrogen and oxygen atoms in total. The van der Waals surface area contributed by atoms with Gasteiger partial charge < -0.3 is 4.90 Å². The highest BCUT2D eigenvalue weighted by atomic mass is 35.5. The highest BCUT2D eigenvalue weighted by Gasteiger charge is 2.17. The molecule has 2 aromatic carbocycles. The number of halogens is 2. The second-order valence-electron chi connectivity index (χ2n) is 5.45. The van der Waals surface area contributed by atoms with Gasteiger partial charge in [0.15, 0.2) is 0 Å². The summed E-state index contributed by atoms with van der Waals surface area (Å²) >= 11 is 5.92. The summed E-state index contributed by atoms with van der Waals surface area (Å²) in [4.78, 5) is 13.4. The molecule has 0 saturated carbocycles. The number of anilines is 1. The summed E-state index contributed by atoms with van der Waals surface area (Å²) in [5, 5.41) is 0.557. The summed E-state index contributed by atoms with van der Waals surface area (Å²) in [5.41, 5.74) is 1.47. The van der Waals surface area contributed by atoms with Crippen LogP contribution in [0.4, 0.5) is 10.1 Å². The van der Waals surface area contributed by atoms with Crippen molar-refractivity contribution in [2.24, 2.45) is 0 Å². The van der Waals surface area contributed by atoms with Gasteiger partial charge in [0, 0.05) is 30.7 Å². The van der Waals surface area contributed by atoms with Gasteiger partial charge in [0.2, 0.25) is 15.9 Å². The van der Waals surface area contributed by atoms with E-state index in [1.165, 1.54) is 24.0 Å². The van der Waals surface area contributed by atoms with E-state index in [2.05, 4.69) is 4.72 Å². The average Bonchev–Trinajstić information content (AvgIpc) is 2.52. The van der Waals surface area contributed by atoms with E-state index in [-0.39, 0.29) is 23.9 Å². The lowest BCUT2D eigenvalue weighted by Crippen LogP contribution is -2.37. The number of nitrogens with one attached hydrogen (secondary N) is 1. The minimum absolute atomic E-state index is 0.0152. The topological polar surface area (TPSA) is 66.5 Å². The molecular formula is C17H18ClFN2O3S. The lowest BCUT2D eigenvalue weighted by molar-refractivity contribution is -0.116. The number of aryl methyl sites for hydroxylation is 1. The third-order valence-corrected chi connectivity index (χ3v) is 5.29. The largest absolute Gasteiger partial charge is 0.311 e. The number of rotatable bonds is 6. The van der Waals surface area contributed by atoms with E-state index in [0.29, 0.717) is 10.7 Å². The van der Waals surface area contributed by atoms with Crippen LogP contribution < -0.4 is 9.62 Å². The Morgan fingerprint density at radius 2 is 1.84 bits per heavy atom. The van der Waals surface area contributed by atoms with Gasteiger partial charge in [-0.05, 0) is 55.0 Å². The molecule has 0 aliphatic carbocycles. The van der Waals surface area contributed by atoms with Crippen LogP contribution in [0.1, 0.15) is 12.5 Å². The summed E-state index contributed by atoms with van der Waals surface area (Å²) < 4.78 is 39.7. The first kappa shape index (κ1) is 19.4. The number of sulfonamides is 1. The number of hydrogen-bond acceptors (Lipinski definition) is 3. The van der Waals surface area contributed by atoms with Crippen molar-refractivity contribution in [3.8, 4) is 0 Å². The molecule has 0 atom stereocenters. The van der Waals surface area contributed by atoms with Crippen LogP contribution in [-0.2, 0) is 14.8 Å². The zero-order chi connectivity index (χ0) is 18.6. The van der Waals surface area contributed by atoms with Gasteiger partial charge in [0.05, 0.1) is 4.90 Å². The number of carbonyl (C=O) groups excluding carboxylic acids is 1. The molecule has 0 heterocycles. The second kappa shape index (κ2) is 7.95. The van der Waals surface area contributed by atoms with Crippen LogP contribution in [0.15, 0.2) is 47.4 Å². The van der Waals surface area contributed by atoms with Crippen LogP contribution in [-0.4, -0.2) is 27.4 Å². The van der Waals surface area contributed by atoms with Gasteiger partial charge in [-0.1, -0.05) is 11.6 Å². The molecule has 134 valence electrons. The highest BCUT2D eigenvalue weighted by Crippen LogP contribution is 2.23. The SMILES string of the molecule is CC(=O)N(CCNS(=O)(=O)c1ccc(F)cc1)c1ccc(Cl)cc1C. The van der Waals surface area contributed by atoms with Crippen LogP contribution in [0.3, 0.4) is 0 Å². The van der Waals surface area contributed by atoms with Gasteiger partial charge in [-0.3, -0.25) is 4.79 Å². The maximum atomic E-state index is 12.9. The van der Waals surface area contributed by atoms with Crippen molar-refractivity contribution in [1.29, 1.82) is 0 Å². The molecule has 0 aliphatic rings. The van der Waals surface area contributed by atoms with E-state index in [9.17, 15) is 17.6 Å². The summed E-state index contributed by atoms with van der Waals surface area (Å²) in [6, 6.07) is 9.64. The first-order chi connectivity index (χ1) is 11.7. The Kier molecular flexibility index (Phi) is 6.16. The number of nitrogens with zero attached hydrogens (tertiary/aromatic N) is 1. The molecule has 0 unspecified atom stereocenters. The molecule has 0 saturated heterocycles. The molecule has 0 bridgehead atoms. The quantitative estimate of drug-likeness (QED) is 0.832. The Labute approximate surface area is 151 Å². The molecule has 25 heavy (non-hydrogen) atoms. The number of carbonyl (C=O) groups is 1. The van der Waals surface area contributed by atoms with Crippen LogP contribution in [0.25, 0.3) is 0 Å². The zero-order valence-electron chi connectivity index (χ0n) is 13.8. The normalized spacial score (nSPS) is 11.4. The lowest BCUT2D eigenvalue weighted by Gasteiger charge is -2.23. The van der Waals surface area contributed by atoms with Gasteiger partial charge in [-0.2, -0.15) is 0 Å². The minimum atomic E-state index is -3.77. The van der Waals surface area contributed by atoms with E-state index in [0.717, 1.165) is 17.7 Å². The van der Waals surface area contributed by atoms with Gasteiger partial charge in [-0.15, -0.1) is 0 Å². The number of hydrogen-bond donors (Lipinski definition) is 1. The first-order valence-electron chi connectivity index (χ1n) is 7.50. The van der Waals surface area contributed by atoms with Crippen molar-refractivity contribution in [2.75, 3.05) is 18.0 Å². The fraction of sp³-hybridized carbons (Fsp3) is 0.235. The summed E-state index contributed by atoms with van der Waals surface area (Å²) in [7, 11) is -3.77. The molecule has 1 amide bonds. The maximum absolute atomic E-state index is 12.9. The molecule has 0 fully saturated rings. The van der Waals surface area contributed by atoms with Crippen molar-refractivity contribution in [3.05, 3.63) is 58.9 Å². The Bertz CT molecular complexity index is 870. The van der Waals surface area contributed by atoms with Crippen LogP contribution in [0.2, 0.25) is 5.02 Å². The Balaban J connectivity index is 2.09. The molecule has 0 spiro atoms. The Hall–Kier alpha value is -1.96. The standard InChI is InChI=1S/C17H18ClFN2O3S/c1-12-11-14(18)3-8-17(12)21(13(2)22)10-9-20-25(23,24)16-6-4-15(19)5-7-16/h3-8,11,20H,9-10H2,1-2H3. The van der Waals surface area contributed by atoms with Gasteiger partial charge in [0.25, 0.3) is 0 Å². The van der Waals surface area contributed by atoms with E-state index in [1.54, 1.807) is 18.2 Å². The Morgan fingerprint density at radius 3 is 2.40 bits per heavy atom. The van der Waals surface area contributed by atoms with Crippen LogP contribution >= 0.6 is 11.6 Å². The van der Waals surface area contributed by atoms with E-state index < -0.39 is 15.8 Å². The van der Waals surface area contributed by atoms with Crippen LogP contribution in [0.5, 0.6) is 0 Å². The molecule has 0 aliphatic heterocycles. The number of amides is 1. The zero-order valence-corrected chi connectivity index (χ0v) is 15.4. The van der Waals surface area contributed by atoms with Gasteiger partial charge in [0.1, 0.15) is 5.82 Å². The van der Waals surface area contributed by atoms with Crippen LogP contribution in [0, 0.1) is 12.7 Å². The molecule has 2 aromatic rings. The van der Waals surface area contributed by atoms with Crippen molar-refractivity contribution in [2.45, 2.75) is 18.7 Å². The fourth-order valence-electron chi connectivity index (χ4n) is 2.36. The monoisotopic (exact) mass is 384 g/mol. The fourth-order valence-corrected chi connectivity index (χ4v) is 3.61. The smallest absolute Gasteiger partial charge is 0.240 e. The predicted octanol–water partition coefficient (Wildman–Crippen LogP) is 3.12. The van der Waals surface area contributed by atoms with E-state index in [4.69, 9.17) is 11.6 Å². The van der Waals surface area contributed by atoms with Gasteiger partial charge >= 0.3 is 0 Å². The van der Waals surface area contributed by atoms with E-state index >= 15 is 0 Å². The highest BCUT2D eigenvalue weighted by molar-refractivity contribution is 7.89. The molecule has 0 aromatic heterocycles. The molecule has 8 heteroatoms. The first-order valence-corrected chi connectivity index (χ1v) is 9.36. The average molecular weight is 385 g/mol. The predicted molar refractivity (Wildman–Crippen MR) is 95.8 cm³/mol. The second-order valence-corrected chi connectivity index (χ2v) is 7.66. The third kappa shape index (κ3) is 5.01. The molecule has 2 rings (SSSR count). The molecule has 1 N–H and O–H groups in total. The summed E-state index contributed by atoms with van der Waals surface area (Å²) in [6.07, 6.45) is 0. The molecular weight excluding hydrogens is 367 g/mol. The van der Waals surface area contributed by atoms with Crippen molar-refractivity contribution in [3.63, 3.8) is 0 Å². The summed E-state index contributed by atoms with van der Waals surface area (Å²) in [6.45, 7) is 3.39. The molecule has 0 radical (unpaired) electrons. The number of benzene rings is 2. The van der Waals surface area contributed by atoms with E-state index in [1.807, 2.05) is 6.92 Å². The van der Waals surface area contributed by atoms with Crippen molar-refractivity contribution >= 4 is 33.2 Å². The third-order valence-electron chi connectivity index (χ3n) is 3.58. The lowest BCUT2D eigenvalue weighted by atomic mass is 10.2. The summed E-state index contributed by atoms with van der Waals surface area (Å²) in [5.74, 6) is -0.730. The van der Waals surface area contributed by atoms with Crippen molar-refractivity contribution < 1.29 is 17.6 Å². The Morgan fingerprint density at radius 1 is 1.20 bits per heavy atom. The van der Waals surface area contributed by atoms with Gasteiger partial charge in [-0.25, -0.2) is 17.5 Å². The maximum Gasteiger partial charge on any atom is 0.240 e. The minimum Gasteiger partial charge on any atom is -0.311 e. The van der Waals surface area contributed by atoms with Crippen molar-refractivity contribution in [1.82, 2.24) is 4.72 Å².